The fourth-order valence-corrected chi connectivity index (χ4v) is 14.4. The molecule has 6 aliphatic carbocycles. The van der Waals surface area contributed by atoms with Crippen molar-refractivity contribution in [2.45, 2.75) is 88.9 Å². The molecule has 1 heterocycles. The minimum absolute atomic E-state index is 0.223. The van der Waals surface area contributed by atoms with Crippen LogP contribution >= 0.6 is 0 Å². The first-order valence-corrected chi connectivity index (χ1v) is 25.7. The van der Waals surface area contributed by atoms with Crippen LogP contribution in [-0.4, -0.2) is 4.57 Å². The molecule has 0 aliphatic heterocycles. The van der Waals surface area contributed by atoms with E-state index in [4.69, 9.17) is 0 Å². The van der Waals surface area contributed by atoms with Gasteiger partial charge in [-0.25, -0.2) is 0 Å². The van der Waals surface area contributed by atoms with Gasteiger partial charge in [-0.1, -0.05) is 96.6 Å². The van der Waals surface area contributed by atoms with Gasteiger partial charge in [-0.3, -0.25) is 0 Å². The molecule has 0 spiro atoms. The van der Waals surface area contributed by atoms with E-state index < -0.39 is 0 Å². The average Bonchev–Trinajstić information content (AvgIpc) is 3.67. The molecule has 0 amide bonds. The van der Waals surface area contributed by atoms with E-state index in [1.54, 1.807) is 5.56 Å². The van der Waals surface area contributed by atoms with Gasteiger partial charge in [0.1, 0.15) is 0 Å². The Bertz CT molecular complexity index is 3380. The normalized spacial score (nSPS) is 21.7. The SMILES string of the molecule is C=Cc1ccc(C23CC4CC(C2)CC(c2ccc(-n5c6ccc(N(c7ccc(C)cc7)c7ccc(C)cc7)cc6c6cc(N(c7ccc8c(c7)CC8)c7ccc8c(c7)CC8)ccc65)cc2)(C4)C3)cc1. The van der Waals surface area contributed by atoms with E-state index in [-0.39, 0.29) is 10.8 Å². The molecule has 3 heteroatoms. The Hall–Kier alpha value is -7.10. The van der Waals surface area contributed by atoms with Gasteiger partial charge in [-0.05, 0) is 237 Å². The van der Waals surface area contributed by atoms with Crippen molar-refractivity contribution in [3.05, 3.63) is 227 Å². The Morgan fingerprint density at radius 3 is 1.29 bits per heavy atom. The van der Waals surface area contributed by atoms with Crippen molar-refractivity contribution < 1.29 is 0 Å². The van der Waals surface area contributed by atoms with E-state index in [2.05, 4.69) is 205 Å². The fraction of sp³-hybridized carbons (Fsp3) is 0.242. The molecule has 4 saturated carbocycles. The highest BCUT2D eigenvalue weighted by molar-refractivity contribution is 6.12. The van der Waals surface area contributed by atoms with Crippen molar-refractivity contribution in [3.8, 4) is 5.69 Å². The molecule has 3 nitrogen and oxygen atoms in total. The van der Waals surface area contributed by atoms with Crippen molar-refractivity contribution in [1.29, 1.82) is 0 Å². The number of rotatable bonds is 10. The van der Waals surface area contributed by atoms with Crippen LogP contribution in [0.5, 0.6) is 0 Å². The zero-order valence-electron chi connectivity index (χ0n) is 40.0. The molecule has 1 aromatic heterocycles. The number of aromatic nitrogens is 1. The number of anilines is 6. The first-order chi connectivity index (χ1) is 33.8. The Kier molecular flexibility index (Phi) is 9.17. The molecular formula is C66H59N3. The van der Waals surface area contributed by atoms with Gasteiger partial charge in [0.25, 0.3) is 0 Å². The number of fused-ring (bicyclic) bond motifs is 5. The smallest absolute Gasteiger partial charge is 0.0542 e. The van der Waals surface area contributed by atoms with Crippen LogP contribution in [0.2, 0.25) is 0 Å². The maximum Gasteiger partial charge on any atom is 0.0542 e. The van der Waals surface area contributed by atoms with E-state index in [1.165, 1.54) is 140 Å². The number of hydrogen-bond donors (Lipinski definition) is 0. The molecule has 0 N–H and O–H groups in total. The van der Waals surface area contributed by atoms with Gasteiger partial charge in [0.2, 0.25) is 0 Å². The summed E-state index contributed by atoms with van der Waals surface area (Å²) in [4.78, 5) is 4.93. The highest BCUT2D eigenvalue weighted by Crippen LogP contribution is 2.66. The summed E-state index contributed by atoms with van der Waals surface area (Å²) in [5, 5.41) is 2.50. The second-order valence-electron chi connectivity index (χ2n) is 21.9. The fourth-order valence-electron chi connectivity index (χ4n) is 14.4. The number of aryl methyl sites for hydroxylation is 6. The van der Waals surface area contributed by atoms with Gasteiger partial charge in [0.15, 0.2) is 0 Å². The summed E-state index contributed by atoms with van der Waals surface area (Å²) in [6.45, 7) is 8.38. The molecule has 338 valence electrons. The summed E-state index contributed by atoms with van der Waals surface area (Å²) >= 11 is 0. The molecule has 2 unspecified atom stereocenters. The molecule has 15 rings (SSSR count). The molecule has 4 fully saturated rings. The lowest BCUT2D eigenvalue weighted by Gasteiger charge is -2.63. The highest BCUT2D eigenvalue weighted by Gasteiger charge is 2.58. The average molecular weight is 894 g/mol. The monoisotopic (exact) mass is 893 g/mol. The van der Waals surface area contributed by atoms with Crippen LogP contribution in [0.25, 0.3) is 33.6 Å². The van der Waals surface area contributed by atoms with Crippen molar-refractivity contribution in [2.75, 3.05) is 9.80 Å². The van der Waals surface area contributed by atoms with Crippen molar-refractivity contribution >= 4 is 62.0 Å². The van der Waals surface area contributed by atoms with Crippen LogP contribution in [0.3, 0.4) is 0 Å². The van der Waals surface area contributed by atoms with Crippen molar-refractivity contribution in [2.24, 2.45) is 11.8 Å². The van der Waals surface area contributed by atoms with Crippen LogP contribution < -0.4 is 9.80 Å². The molecule has 9 aromatic rings. The number of hydrogen-bond acceptors (Lipinski definition) is 2. The molecular weight excluding hydrogens is 835 g/mol. The largest absolute Gasteiger partial charge is 0.310 e. The molecule has 4 bridgehead atoms. The minimum atomic E-state index is 0.223. The van der Waals surface area contributed by atoms with Gasteiger partial charge in [-0.15, -0.1) is 0 Å². The lowest BCUT2D eigenvalue weighted by Crippen LogP contribution is -2.55. The molecule has 0 saturated heterocycles. The Morgan fingerprint density at radius 2 is 0.855 bits per heavy atom. The van der Waals surface area contributed by atoms with Gasteiger partial charge in [0, 0.05) is 50.6 Å². The van der Waals surface area contributed by atoms with Crippen LogP contribution in [-0.2, 0) is 36.5 Å². The van der Waals surface area contributed by atoms with E-state index in [1.807, 2.05) is 6.08 Å². The quantitative estimate of drug-likeness (QED) is 0.136. The summed E-state index contributed by atoms with van der Waals surface area (Å²) in [5.74, 6) is 1.59. The Labute approximate surface area is 407 Å². The Morgan fingerprint density at radius 1 is 0.449 bits per heavy atom. The summed E-state index contributed by atoms with van der Waals surface area (Å²) < 4.78 is 2.53. The lowest BCUT2D eigenvalue weighted by molar-refractivity contribution is -0.0281. The van der Waals surface area contributed by atoms with Crippen LogP contribution in [0.1, 0.15) is 88.6 Å². The first-order valence-electron chi connectivity index (χ1n) is 25.7. The topological polar surface area (TPSA) is 11.4 Å². The third-order valence-corrected chi connectivity index (χ3v) is 17.6. The Balaban J connectivity index is 0.926. The van der Waals surface area contributed by atoms with E-state index in [9.17, 15) is 0 Å². The van der Waals surface area contributed by atoms with E-state index >= 15 is 0 Å². The third-order valence-electron chi connectivity index (χ3n) is 17.6. The molecule has 2 atom stereocenters. The van der Waals surface area contributed by atoms with Gasteiger partial charge >= 0.3 is 0 Å². The second-order valence-corrected chi connectivity index (χ2v) is 21.9. The summed E-state index contributed by atoms with van der Waals surface area (Å²) in [6, 6.07) is 66.0. The zero-order chi connectivity index (χ0) is 46.0. The molecule has 6 aliphatic rings. The predicted octanol–water partition coefficient (Wildman–Crippen LogP) is 17.0. The summed E-state index contributed by atoms with van der Waals surface area (Å²) in [7, 11) is 0. The zero-order valence-corrected chi connectivity index (χ0v) is 40.0. The van der Waals surface area contributed by atoms with E-state index in [0.29, 0.717) is 0 Å². The van der Waals surface area contributed by atoms with Gasteiger partial charge < -0.3 is 14.4 Å². The summed E-state index contributed by atoms with van der Waals surface area (Å²) in [6.07, 6.45) is 14.6. The van der Waals surface area contributed by atoms with E-state index in [0.717, 1.165) is 41.7 Å². The van der Waals surface area contributed by atoms with Crippen molar-refractivity contribution in [1.82, 2.24) is 4.57 Å². The maximum atomic E-state index is 4.04. The molecule has 69 heavy (non-hydrogen) atoms. The summed E-state index contributed by atoms with van der Waals surface area (Å²) in [5.41, 5.74) is 24.0. The van der Waals surface area contributed by atoms with Gasteiger partial charge in [0.05, 0.1) is 11.0 Å². The maximum absolute atomic E-state index is 4.04. The predicted molar refractivity (Wildman–Crippen MR) is 289 cm³/mol. The molecule has 0 radical (unpaired) electrons. The van der Waals surface area contributed by atoms with Crippen LogP contribution in [0.15, 0.2) is 176 Å². The third kappa shape index (κ3) is 6.60. The first kappa shape index (κ1) is 40.9. The molecule has 8 aromatic carbocycles. The second kappa shape index (κ2) is 15.5. The van der Waals surface area contributed by atoms with Crippen molar-refractivity contribution in [3.63, 3.8) is 0 Å². The minimum Gasteiger partial charge on any atom is -0.310 e. The van der Waals surface area contributed by atoms with Crippen LogP contribution in [0.4, 0.5) is 34.1 Å². The number of nitrogens with zero attached hydrogens (tertiary/aromatic N) is 3. The number of benzene rings is 8. The highest BCUT2D eigenvalue weighted by atomic mass is 15.2. The lowest BCUT2D eigenvalue weighted by atomic mass is 9.42. The van der Waals surface area contributed by atoms with Gasteiger partial charge in [-0.2, -0.15) is 0 Å². The standard InChI is InChI=1S/C66H59N3/c1-4-45-9-17-52(18-10-45)65-38-46-33-47(39-65)41-66(40-46,42-65)53-19-27-56(28-20-53)69-63-31-29-59(67(54-21-5-43(2)6-22-54)55-23-7-44(3)8-24-55)36-61(63)62-37-60(30-32-64(62)69)68(57-25-15-48-11-13-50(48)34-57)58-26-16-49-12-14-51(49)35-58/h4-10,15-32,34-37,46-47H,1,11-14,33,38-42H2,2-3H3. The van der Waals surface area contributed by atoms with Crippen LogP contribution in [0, 0.1) is 25.7 Å².